The minimum absolute atomic E-state index is 0.921. The summed E-state index contributed by atoms with van der Waals surface area (Å²) in [5.74, 6) is 0.921. The molecule has 0 aliphatic rings. The fourth-order valence-corrected chi connectivity index (χ4v) is 1.77. The number of hydrogen-bond donors (Lipinski definition) is 2. The number of anilines is 1. The first-order chi connectivity index (χ1) is 5.90. The van der Waals surface area contributed by atoms with E-state index < -0.39 is 0 Å². The fraction of sp³-hybridized carbons (Fsp3) is 0.125. The summed E-state index contributed by atoms with van der Waals surface area (Å²) in [4.78, 5) is 7.46. The van der Waals surface area contributed by atoms with Crippen molar-refractivity contribution in [1.29, 1.82) is 0 Å². The molecule has 0 saturated carbocycles. The Hall–Kier alpha value is -1.29. The summed E-state index contributed by atoms with van der Waals surface area (Å²) in [5, 5.41) is 6.01. The molecule has 0 aliphatic heterocycles. The average Bonchev–Trinajstić information content (AvgIpc) is 2.75. The number of nitrogens with one attached hydrogen (secondary N) is 2. The highest BCUT2D eigenvalue weighted by Gasteiger charge is 2.02. The first kappa shape index (κ1) is 7.36. The number of rotatable bonds is 2. The third-order valence-corrected chi connectivity index (χ3v) is 2.46. The van der Waals surface area contributed by atoms with Crippen molar-refractivity contribution in [3.8, 4) is 10.7 Å². The van der Waals surface area contributed by atoms with Gasteiger partial charge in [-0.25, -0.2) is 4.98 Å². The molecule has 2 aromatic rings. The van der Waals surface area contributed by atoms with Gasteiger partial charge in [-0.15, -0.1) is 11.3 Å². The van der Waals surface area contributed by atoms with Crippen LogP contribution in [0.5, 0.6) is 0 Å². The lowest BCUT2D eigenvalue weighted by Gasteiger charge is -1.89. The second kappa shape index (κ2) is 2.98. The molecule has 2 heterocycles. The molecule has 0 aromatic carbocycles. The average molecular weight is 179 g/mol. The Kier molecular flexibility index (Phi) is 1.83. The van der Waals surface area contributed by atoms with E-state index in [1.165, 1.54) is 0 Å². The Bertz CT molecular complexity index is 350. The normalized spacial score (nSPS) is 10.1. The molecule has 0 unspecified atom stereocenters. The van der Waals surface area contributed by atoms with Gasteiger partial charge >= 0.3 is 0 Å². The van der Waals surface area contributed by atoms with Crippen molar-refractivity contribution in [1.82, 2.24) is 9.97 Å². The van der Waals surface area contributed by atoms with Crippen LogP contribution in [0.25, 0.3) is 10.7 Å². The first-order valence-corrected chi connectivity index (χ1v) is 4.55. The van der Waals surface area contributed by atoms with Gasteiger partial charge in [-0.3, -0.25) is 0 Å². The monoisotopic (exact) mass is 179 g/mol. The number of H-pyrrole nitrogens is 1. The topological polar surface area (TPSA) is 40.7 Å². The van der Waals surface area contributed by atoms with Gasteiger partial charge in [0.05, 0.1) is 5.69 Å². The molecule has 0 fully saturated rings. The van der Waals surface area contributed by atoms with Crippen LogP contribution in [0.15, 0.2) is 23.7 Å². The van der Waals surface area contributed by atoms with Gasteiger partial charge in [-0.2, -0.15) is 0 Å². The van der Waals surface area contributed by atoms with Gasteiger partial charge in [-0.05, 0) is 12.1 Å². The maximum atomic E-state index is 4.35. The third-order valence-electron chi connectivity index (χ3n) is 1.59. The summed E-state index contributed by atoms with van der Waals surface area (Å²) in [7, 11) is 1.87. The van der Waals surface area contributed by atoms with E-state index in [1.807, 2.05) is 30.8 Å². The van der Waals surface area contributed by atoms with E-state index in [0.717, 1.165) is 16.5 Å². The van der Waals surface area contributed by atoms with Crippen molar-refractivity contribution in [2.24, 2.45) is 0 Å². The summed E-state index contributed by atoms with van der Waals surface area (Å²) in [5.41, 5.74) is 1.07. The highest BCUT2D eigenvalue weighted by molar-refractivity contribution is 7.13. The molecular formula is C8H9N3S. The maximum absolute atomic E-state index is 4.35. The predicted octanol–water partition coefficient (Wildman–Crippen LogP) is 2.18. The Balaban J connectivity index is 2.35. The fourth-order valence-electron chi connectivity index (χ4n) is 0.976. The minimum atomic E-state index is 0.921. The number of aromatic amines is 1. The summed E-state index contributed by atoms with van der Waals surface area (Å²) in [6.07, 6.45) is 1.90. The van der Waals surface area contributed by atoms with Crippen molar-refractivity contribution >= 4 is 17.2 Å². The van der Waals surface area contributed by atoms with Crippen LogP contribution in [0.4, 0.5) is 5.82 Å². The van der Waals surface area contributed by atoms with Crippen LogP contribution in [0.2, 0.25) is 0 Å². The molecule has 4 heteroatoms. The number of nitrogens with zero attached hydrogens (tertiary/aromatic N) is 1. The largest absolute Gasteiger partial charge is 0.372 e. The minimum Gasteiger partial charge on any atom is -0.372 e. The van der Waals surface area contributed by atoms with E-state index in [9.17, 15) is 0 Å². The van der Waals surface area contributed by atoms with Crippen LogP contribution in [-0.4, -0.2) is 17.0 Å². The quantitative estimate of drug-likeness (QED) is 0.741. The molecule has 0 atom stereocenters. The van der Waals surface area contributed by atoms with Crippen molar-refractivity contribution < 1.29 is 0 Å². The lowest BCUT2D eigenvalue weighted by Crippen LogP contribution is -1.86. The van der Waals surface area contributed by atoms with E-state index in [2.05, 4.69) is 15.3 Å². The molecule has 0 spiro atoms. The van der Waals surface area contributed by atoms with Gasteiger partial charge < -0.3 is 10.3 Å². The van der Waals surface area contributed by atoms with E-state index in [4.69, 9.17) is 0 Å². The molecule has 3 nitrogen and oxygen atoms in total. The van der Waals surface area contributed by atoms with Crippen LogP contribution < -0.4 is 5.32 Å². The zero-order valence-corrected chi connectivity index (χ0v) is 7.48. The summed E-state index contributed by atoms with van der Waals surface area (Å²) in [6.45, 7) is 0. The lowest BCUT2D eigenvalue weighted by atomic mass is 10.4. The molecule has 62 valence electrons. The lowest BCUT2D eigenvalue weighted by molar-refractivity contribution is 1.32. The van der Waals surface area contributed by atoms with Gasteiger partial charge in [0.25, 0.3) is 0 Å². The Morgan fingerprint density at radius 3 is 3.08 bits per heavy atom. The molecule has 2 aromatic heterocycles. The maximum Gasteiger partial charge on any atom is 0.142 e. The van der Waals surface area contributed by atoms with Crippen molar-refractivity contribution in [2.75, 3.05) is 12.4 Å². The highest BCUT2D eigenvalue weighted by Crippen LogP contribution is 2.23. The molecule has 0 saturated heterocycles. The van der Waals surface area contributed by atoms with E-state index in [-0.39, 0.29) is 0 Å². The summed E-state index contributed by atoms with van der Waals surface area (Å²) in [6, 6.07) is 3.98. The standard InChI is InChI=1S/C8H9N3S/c1-9-7-5-12-8(11-7)6-3-2-4-10-6/h2-5,9-10H,1H3. The zero-order chi connectivity index (χ0) is 8.39. The van der Waals surface area contributed by atoms with Crippen LogP contribution in [0, 0.1) is 0 Å². The first-order valence-electron chi connectivity index (χ1n) is 3.67. The van der Waals surface area contributed by atoms with Crippen LogP contribution in [-0.2, 0) is 0 Å². The van der Waals surface area contributed by atoms with Gasteiger partial charge in [-0.1, -0.05) is 0 Å². The van der Waals surface area contributed by atoms with Crippen molar-refractivity contribution in [3.63, 3.8) is 0 Å². The second-order valence-corrected chi connectivity index (χ2v) is 3.23. The molecule has 0 amide bonds. The molecule has 0 aliphatic carbocycles. The summed E-state index contributed by atoms with van der Waals surface area (Å²) >= 11 is 1.63. The predicted molar refractivity (Wildman–Crippen MR) is 51.4 cm³/mol. The smallest absolute Gasteiger partial charge is 0.142 e. The van der Waals surface area contributed by atoms with Gasteiger partial charge in [0, 0.05) is 18.6 Å². The van der Waals surface area contributed by atoms with Gasteiger partial charge in [0.2, 0.25) is 0 Å². The van der Waals surface area contributed by atoms with Crippen molar-refractivity contribution in [3.05, 3.63) is 23.7 Å². The van der Waals surface area contributed by atoms with Crippen LogP contribution >= 0.6 is 11.3 Å². The number of thiazole rings is 1. The molecule has 0 radical (unpaired) electrons. The number of hydrogen-bond acceptors (Lipinski definition) is 3. The molecule has 12 heavy (non-hydrogen) atoms. The third kappa shape index (κ3) is 1.21. The molecule has 0 bridgehead atoms. The Labute approximate surface area is 74.5 Å². The van der Waals surface area contributed by atoms with Crippen LogP contribution in [0.1, 0.15) is 0 Å². The second-order valence-electron chi connectivity index (χ2n) is 2.37. The Morgan fingerprint density at radius 2 is 2.50 bits per heavy atom. The van der Waals surface area contributed by atoms with E-state index in [0.29, 0.717) is 0 Å². The zero-order valence-electron chi connectivity index (χ0n) is 6.66. The molecular weight excluding hydrogens is 170 g/mol. The SMILES string of the molecule is CNc1csc(-c2ccc[nH]2)n1. The molecule has 2 rings (SSSR count). The molecule has 2 N–H and O–H groups in total. The van der Waals surface area contributed by atoms with Gasteiger partial charge in [0.15, 0.2) is 0 Å². The highest BCUT2D eigenvalue weighted by atomic mass is 32.1. The van der Waals surface area contributed by atoms with Crippen molar-refractivity contribution in [2.45, 2.75) is 0 Å². The van der Waals surface area contributed by atoms with Crippen LogP contribution in [0.3, 0.4) is 0 Å². The van der Waals surface area contributed by atoms with Gasteiger partial charge in [0.1, 0.15) is 10.8 Å². The summed E-state index contributed by atoms with van der Waals surface area (Å²) < 4.78 is 0. The number of aromatic nitrogens is 2. The Morgan fingerprint density at radius 1 is 1.58 bits per heavy atom. The van der Waals surface area contributed by atoms with E-state index in [1.54, 1.807) is 11.3 Å². The van der Waals surface area contributed by atoms with E-state index >= 15 is 0 Å².